The van der Waals surface area contributed by atoms with E-state index in [2.05, 4.69) is 5.32 Å². The first-order valence-electron chi connectivity index (χ1n) is 4.96. The summed E-state index contributed by atoms with van der Waals surface area (Å²) in [7, 11) is 0. The molecule has 1 aliphatic carbocycles. The van der Waals surface area contributed by atoms with Crippen molar-refractivity contribution in [2.45, 2.75) is 31.9 Å². The van der Waals surface area contributed by atoms with E-state index >= 15 is 0 Å². The van der Waals surface area contributed by atoms with Crippen LogP contribution in [0.15, 0.2) is 18.2 Å². The molecule has 0 bridgehead atoms. The lowest BCUT2D eigenvalue weighted by Gasteiger charge is -2.33. The van der Waals surface area contributed by atoms with Gasteiger partial charge in [-0.05, 0) is 37.5 Å². The molecule has 0 spiro atoms. The summed E-state index contributed by atoms with van der Waals surface area (Å²) in [6.45, 7) is 2.04. The summed E-state index contributed by atoms with van der Waals surface area (Å²) in [6, 6.07) is 6.33. The number of hydrogen-bond donors (Lipinski definition) is 3. The van der Waals surface area contributed by atoms with Gasteiger partial charge in [-0.15, -0.1) is 0 Å². The van der Waals surface area contributed by atoms with Crippen molar-refractivity contribution in [3.8, 4) is 0 Å². The summed E-state index contributed by atoms with van der Waals surface area (Å²) in [5.74, 6) is 0. The Kier molecular flexibility index (Phi) is 2.33. The molecule has 1 aromatic carbocycles. The molecule has 14 heavy (non-hydrogen) atoms. The summed E-state index contributed by atoms with van der Waals surface area (Å²) in [5, 5.41) is 12.5. The summed E-state index contributed by atoms with van der Waals surface area (Å²) in [6.07, 6.45) is 1.53. The van der Waals surface area contributed by atoms with Crippen molar-refractivity contribution in [3.05, 3.63) is 23.8 Å². The van der Waals surface area contributed by atoms with E-state index in [4.69, 9.17) is 10.8 Å². The van der Waals surface area contributed by atoms with Crippen LogP contribution in [0.2, 0.25) is 0 Å². The number of hydrogen-bond acceptors (Lipinski definition) is 3. The van der Waals surface area contributed by atoms with Crippen LogP contribution in [0.3, 0.4) is 0 Å². The highest BCUT2D eigenvalue weighted by atomic mass is 16.3. The molecule has 3 heteroatoms. The van der Waals surface area contributed by atoms with Gasteiger partial charge >= 0.3 is 0 Å². The fraction of sp³-hybridized carbons (Fsp3) is 0.455. The number of rotatable bonds is 2. The lowest BCUT2D eigenvalue weighted by molar-refractivity contribution is 0.0837. The molecule has 3 nitrogen and oxygen atoms in total. The van der Waals surface area contributed by atoms with Gasteiger partial charge in [0, 0.05) is 6.04 Å². The minimum absolute atomic E-state index is 0.126. The SMILES string of the molecule is Cc1ccc(N)c(NC2CC(O)C2)c1. The van der Waals surface area contributed by atoms with E-state index < -0.39 is 0 Å². The van der Waals surface area contributed by atoms with Gasteiger partial charge in [-0.2, -0.15) is 0 Å². The lowest BCUT2D eigenvalue weighted by atomic mass is 9.89. The Morgan fingerprint density at radius 1 is 1.43 bits per heavy atom. The number of benzene rings is 1. The minimum atomic E-state index is -0.126. The zero-order valence-electron chi connectivity index (χ0n) is 8.33. The highest BCUT2D eigenvalue weighted by Crippen LogP contribution is 2.27. The topological polar surface area (TPSA) is 58.3 Å². The Labute approximate surface area is 83.9 Å². The Bertz CT molecular complexity index is 332. The Morgan fingerprint density at radius 3 is 2.79 bits per heavy atom. The number of aryl methyl sites for hydroxylation is 1. The van der Waals surface area contributed by atoms with Crippen molar-refractivity contribution in [1.29, 1.82) is 0 Å². The van der Waals surface area contributed by atoms with Crippen molar-refractivity contribution < 1.29 is 5.11 Å². The quantitative estimate of drug-likeness (QED) is 0.622. The van der Waals surface area contributed by atoms with Crippen molar-refractivity contribution >= 4 is 11.4 Å². The van der Waals surface area contributed by atoms with E-state index in [-0.39, 0.29) is 6.10 Å². The first-order valence-corrected chi connectivity index (χ1v) is 4.96. The fourth-order valence-corrected chi connectivity index (χ4v) is 1.72. The highest BCUT2D eigenvalue weighted by Gasteiger charge is 2.27. The summed E-state index contributed by atoms with van der Waals surface area (Å²) >= 11 is 0. The minimum Gasteiger partial charge on any atom is -0.397 e. The molecule has 0 aliphatic heterocycles. The standard InChI is InChI=1S/C11H16N2O/c1-7-2-3-10(12)11(4-7)13-8-5-9(14)6-8/h2-4,8-9,13-14H,5-6,12H2,1H3. The van der Waals surface area contributed by atoms with Gasteiger partial charge in [-0.3, -0.25) is 0 Å². The van der Waals surface area contributed by atoms with Crippen LogP contribution >= 0.6 is 0 Å². The van der Waals surface area contributed by atoms with Crippen molar-refractivity contribution in [2.24, 2.45) is 0 Å². The number of nitrogens with one attached hydrogen (secondary N) is 1. The molecule has 0 aromatic heterocycles. The van der Waals surface area contributed by atoms with Crippen LogP contribution in [0.4, 0.5) is 11.4 Å². The third kappa shape index (κ3) is 1.82. The number of aliphatic hydroxyl groups excluding tert-OH is 1. The molecule has 1 aromatic rings. The van der Waals surface area contributed by atoms with E-state index in [1.807, 2.05) is 25.1 Å². The molecule has 76 valence electrons. The number of nitrogen functional groups attached to an aromatic ring is 1. The van der Waals surface area contributed by atoms with Gasteiger partial charge in [-0.1, -0.05) is 6.07 Å². The number of anilines is 2. The highest BCUT2D eigenvalue weighted by molar-refractivity contribution is 5.67. The monoisotopic (exact) mass is 192 g/mol. The third-order valence-electron chi connectivity index (χ3n) is 2.68. The average molecular weight is 192 g/mol. The molecule has 0 heterocycles. The Hall–Kier alpha value is -1.22. The molecule has 1 fully saturated rings. The largest absolute Gasteiger partial charge is 0.397 e. The van der Waals surface area contributed by atoms with E-state index in [1.54, 1.807) is 0 Å². The maximum Gasteiger partial charge on any atom is 0.0579 e. The maximum atomic E-state index is 9.15. The molecule has 0 saturated heterocycles. The van der Waals surface area contributed by atoms with Gasteiger partial charge in [0.2, 0.25) is 0 Å². The molecular formula is C11H16N2O. The van der Waals surface area contributed by atoms with E-state index in [0.717, 1.165) is 24.2 Å². The summed E-state index contributed by atoms with van der Waals surface area (Å²) in [4.78, 5) is 0. The molecular weight excluding hydrogens is 176 g/mol. The van der Waals surface area contributed by atoms with Crippen LogP contribution in [-0.4, -0.2) is 17.3 Å². The third-order valence-corrected chi connectivity index (χ3v) is 2.68. The molecule has 0 atom stereocenters. The summed E-state index contributed by atoms with van der Waals surface area (Å²) in [5.41, 5.74) is 8.78. The average Bonchev–Trinajstić information content (AvgIpc) is 2.09. The van der Waals surface area contributed by atoms with Gasteiger partial charge in [0.05, 0.1) is 17.5 Å². The molecule has 2 rings (SSSR count). The van der Waals surface area contributed by atoms with E-state index in [1.165, 1.54) is 5.56 Å². The second-order valence-electron chi connectivity index (χ2n) is 4.06. The van der Waals surface area contributed by atoms with E-state index in [9.17, 15) is 0 Å². The molecule has 0 radical (unpaired) electrons. The second kappa shape index (κ2) is 3.50. The molecule has 0 amide bonds. The zero-order valence-corrected chi connectivity index (χ0v) is 8.33. The summed E-state index contributed by atoms with van der Waals surface area (Å²) < 4.78 is 0. The van der Waals surface area contributed by atoms with Crippen molar-refractivity contribution in [1.82, 2.24) is 0 Å². The second-order valence-corrected chi connectivity index (χ2v) is 4.06. The first kappa shape index (κ1) is 9.34. The number of aliphatic hydroxyl groups is 1. The van der Waals surface area contributed by atoms with E-state index in [0.29, 0.717) is 6.04 Å². The van der Waals surface area contributed by atoms with Crippen molar-refractivity contribution in [3.63, 3.8) is 0 Å². The Balaban J connectivity index is 2.05. The molecule has 4 N–H and O–H groups in total. The van der Waals surface area contributed by atoms with Gasteiger partial charge in [0.1, 0.15) is 0 Å². The number of nitrogens with two attached hydrogens (primary N) is 1. The predicted molar refractivity (Wildman–Crippen MR) is 58.2 cm³/mol. The van der Waals surface area contributed by atoms with Gasteiger partial charge in [-0.25, -0.2) is 0 Å². The zero-order chi connectivity index (χ0) is 10.1. The van der Waals surface area contributed by atoms with Crippen LogP contribution in [0, 0.1) is 6.92 Å². The molecule has 0 unspecified atom stereocenters. The predicted octanol–water partition coefficient (Wildman–Crippen LogP) is 1.51. The molecule has 1 aliphatic rings. The van der Waals surface area contributed by atoms with Crippen LogP contribution in [0.1, 0.15) is 18.4 Å². The Morgan fingerprint density at radius 2 is 2.14 bits per heavy atom. The lowest BCUT2D eigenvalue weighted by Crippen LogP contribution is -2.39. The molecule has 1 saturated carbocycles. The van der Waals surface area contributed by atoms with Crippen LogP contribution in [0.25, 0.3) is 0 Å². The van der Waals surface area contributed by atoms with Gasteiger partial charge in [0.15, 0.2) is 0 Å². The maximum absolute atomic E-state index is 9.15. The van der Waals surface area contributed by atoms with Gasteiger partial charge in [0.25, 0.3) is 0 Å². The smallest absolute Gasteiger partial charge is 0.0579 e. The van der Waals surface area contributed by atoms with Crippen molar-refractivity contribution in [2.75, 3.05) is 11.1 Å². The normalized spacial score (nSPS) is 25.6. The van der Waals surface area contributed by atoms with Crippen LogP contribution in [0.5, 0.6) is 0 Å². The fourth-order valence-electron chi connectivity index (χ4n) is 1.72. The van der Waals surface area contributed by atoms with Gasteiger partial charge < -0.3 is 16.2 Å². The first-order chi connectivity index (χ1) is 6.65. The van der Waals surface area contributed by atoms with Crippen LogP contribution < -0.4 is 11.1 Å². The van der Waals surface area contributed by atoms with Crippen LogP contribution in [-0.2, 0) is 0 Å².